The van der Waals surface area contributed by atoms with E-state index in [1.54, 1.807) is 22.2 Å². The molecular weight excluding hydrogens is 890 g/mol. The smallest absolute Gasteiger partial charge is 0.410 e. The van der Waals surface area contributed by atoms with Crippen LogP contribution in [0.2, 0.25) is 10.0 Å². The summed E-state index contributed by atoms with van der Waals surface area (Å²) >= 11 is 12.8. The van der Waals surface area contributed by atoms with Crippen LogP contribution in [0.15, 0.2) is 73.3 Å². The lowest BCUT2D eigenvalue weighted by Gasteiger charge is -2.36. The number of rotatable bonds is 4. The summed E-state index contributed by atoms with van der Waals surface area (Å²) in [5, 5.41) is 6.47. The van der Waals surface area contributed by atoms with Crippen molar-refractivity contribution in [2.24, 2.45) is 0 Å². The normalized spacial score (nSPS) is 18.0. The number of aromatic amines is 2. The SMILES string of the molecule is CC(C)(C)OC(=O)N1CCN(C(=O)C2Cc3cc(Cl)cc(-c4ccnc5[nH]ccc45)c3O2)CC1.Cl.Cl.O=C(C1Cc2cc(Cl)cc(-c3ccnc4[nH]ccc34)c2O1)N1CCNCC1. The highest BCUT2D eigenvalue weighted by atomic mass is 35.5. The van der Waals surface area contributed by atoms with Crippen molar-refractivity contribution < 1.29 is 28.6 Å². The third kappa shape index (κ3) is 9.51. The molecule has 14 nitrogen and oxygen atoms in total. The number of benzene rings is 2. The molecule has 0 aliphatic carbocycles. The maximum absolute atomic E-state index is 13.3. The van der Waals surface area contributed by atoms with Gasteiger partial charge in [0.05, 0.1) is 0 Å². The molecule has 2 aromatic carbocycles. The van der Waals surface area contributed by atoms with Gasteiger partial charge in [0.15, 0.2) is 12.2 Å². The van der Waals surface area contributed by atoms with Gasteiger partial charge < -0.3 is 44.2 Å². The molecule has 0 saturated carbocycles. The number of pyridine rings is 2. The molecule has 3 N–H and O–H groups in total. The molecule has 3 amide bonds. The summed E-state index contributed by atoms with van der Waals surface area (Å²) in [5.74, 6) is 1.41. The number of nitrogens with one attached hydrogen (secondary N) is 3. The van der Waals surface area contributed by atoms with E-state index >= 15 is 0 Å². The van der Waals surface area contributed by atoms with Gasteiger partial charge in [0.2, 0.25) is 0 Å². The average Bonchev–Trinajstić information content (AvgIpc) is 4.09. The predicted molar refractivity (Wildman–Crippen MR) is 248 cm³/mol. The highest BCUT2D eigenvalue weighted by Gasteiger charge is 2.38. The average molecular weight is 939 g/mol. The maximum atomic E-state index is 13.3. The van der Waals surface area contributed by atoms with Gasteiger partial charge in [-0.05, 0) is 80.4 Å². The van der Waals surface area contributed by atoms with Gasteiger partial charge in [0.25, 0.3) is 11.8 Å². The molecule has 2 unspecified atom stereocenters. The van der Waals surface area contributed by atoms with Crippen LogP contribution in [0.25, 0.3) is 44.3 Å². The second-order valence-electron chi connectivity index (χ2n) is 16.6. The van der Waals surface area contributed by atoms with Gasteiger partial charge in [-0.15, -0.1) is 24.8 Å². The number of H-pyrrole nitrogens is 2. The third-order valence-corrected chi connectivity index (χ3v) is 11.8. The van der Waals surface area contributed by atoms with E-state index in [1.165, 1.54) is 0 Å². The molecular formula is C45H48Cl4N8O6. The number of carbonyl (C=O) groups is 3. The number of amides is 3. The van der Waals surface area contributed by atoms with Crippen LogP contribution in [0.1, 0.15) is 31.9 Å². The first kappa shape index (κ1) is 45.8. The minimum atomic E-state index is -0.621. The van der Waals surface area contributed by atoms with E-state index in [1.807, 2.05) is 86.6 Å². The predicted octanol–water partition coefficient (Wildman–Crippen LogP) is 7.73. The molecule has 18 heteroatoms. The van der Waals surface area contributed by atoms with Crippen molar-refractivity contribution in [1.82, 2.24) is 40.0 Å². The van der Waals surface area contributed by atoms with Crippen molar-refractivity contribution in [2.45, 2.75) is 51.4 Å². The summed E-state index contributed by atoms with van der Waals surface area (Å²) in [5.41, 5.74) is 6.62. The third-order valence-electron chi connectivity index (χ3n) is 11.3. The van der Waals surface area contributed by atoms with E-state index in [9.17, 15) is 14.4 Å². The second-order valence-corrected chi connectivity index (χ2v) is 17.4. The fraction of sp³-hybridized carbons (Fsp3) is 0.356. The van der Waals surface area contributed by atoms with Crippen LogP contribution in [0.5, 0.6) is 11.5 Å². The van der Waals surface area contributed by atoms with Crippen molar-refractivity contribution in [3.05, 3.63) is 94.5 Å². The van der Waals surface area contributed by atoms with Crippen LogP contribution < -0.4 is 14.8 Å². The molecule has 0 radical (unpaired) electrons. The van der Waals surface area contributed by atoms with Crippen molar-refractivity contribution >= 4 is 88.0 Å². The molecule has 4 aliphatic heterocycles. The van der Waals surface area contributed by atoms with Gasteiger partial charge in [-0.3, -0.25) is 9.59 Å². The summed E-state index contributed by atoms with van der Waals surface area (Å²) in [4.78, 5) is 58.8. The first-order valence-corrected chi connectivity index (χ1v) is 21.2. The van der Waals surface area contributed by atoms with E-state index in [4.69, 9.17) is 37.4 Å². The van der Waals surface area contributed by atoms with E-state index in [-0.39, 0.29) is 42.7 Å². The second kappa shape index (κ2) is 18.8. The number of hydrogen-bond acceptors (Lipinski definition) is 9. The summed E-state index contributed by atoms with van der Waals surface area (Å²) in [6.07, 6.45) is 6.75. The Morgan fingerprint density at radius 3 is 1.56 bits per heavy atom. The fourth-order valence-corrected chi connectivity index (χ4v) is 8.93. The molecule has 2 fully saturated rings. The first-order valence-electron chi connectivity index (χ1n) is 20.5. The van der Waals surface area contributed by atoms with Gasteiger partial charge in [-0.2, -0.15) is 0 Å². The van der Waals surface area contributed by atoms with E-state index in [0.717, 1.165) is 87.4 Å². The molecule has 4 aliphatic rings. The van der Waals surface area contributed by atoms with Crippen LogP contribution in [-0.4, -0.2) is 123 Å². The lowest BCUT2D eigenvalue weighted by molar-refractivity contribution is -0.139. The Kier molecular flexibility index (Phi) is 13.7. The van der Waals surface area contributed by atoms with Crippen LogP contribution in [-0.2, 0) is 27.2 Å². The minimum absolute atomic E-state index is 0. The molecule has 8 heterocycles. The van der Waals surface area contributed by atoms with Gasteiger partial charge in [-0.1, -0.05) is 23.2 Å². The standard InChI is InChI=1S/C25H27ClN4O4.C20H19ClN4O2.2ClH/c1-25(2,3)34-24(32)30-10-8-29(9-11-30)23(31)20-13-15-12-16(26)14-19(21(15)33-20)17-4-6-27-22-18(17)5-7-28-22;21-13-9-12-10-17(20(26)25-7-5-22-6-8-25)27-18(12)16(11-13)14-1-3-23-19-15(14)2-4-24-19;;/h4-7,12,14,20H,8-11,13H2,1-3H3,(H,27,28);1-4,9,11,17,22H,5-8,10H2,(H,23,24);2*1H. The summed E-state index contributed by atoms with van der Waals surface area (Å²) in [7, 11) is 0. The number of hydrogen-bond donors (Lipinski definition) is 3. The number of nitrogens with zero attached hydrogens (tertiary/aromatic N) is 5. The Balaban J connectivity index is 0.000000187. The number of carbonyl (C=O) groups excluding carboxylic acids is 3. The van der Waals surface area contributed by atoms with Crippen LogP contribution in [0.3, 0.4) is 0 Å². The van der Waals surface area contributed by atoms with E-state index < -0.39 is 17.8 Å². The Hall–Kier alpha value is -5.25. The van der Waals surface area contributed by atoms with E-state index in [0.29, 0.717) is 54.8 Å². The lowest BCUT2D eigenvalue weighted by Crippen LogP contribution is -2.54. The Labute approximate surface area is 386 Å². The molecule has 0 bridgehead atoms. The molecule has 2 saturated heterocycles. The Morgan fingerprint density at radius 1 is 0.651 bits per heavy atom. The zero-order valence-electron chi connectivity index (χ0n) is 34.9. The number of piperazine rings is 2. The maximum Gasteiger partial charge on any atom is 0.410 e. The molecule has 0 spiro atoms. The van der Waals surface area contributed by atoms with Crippen LogP contribution in [0, 0.1) is 0 Å². The number of aromatic nitrogens is 4. The monoisotopic (exact) mass is 936 g/mol. The van der Waals surface area contributed by atoms with Crippen LogP contribution in [0.4, 0.5) is 4.79 Å². The molecule has 63 heavy (non-hydrogen) atoms. The molecule has 4 aromatic heterocycles. The quantitative estimate of drug-likeness (QED) is 0.161. The zero-order chi connectivity index (χ0) is 42.4. The summed E-state index contributed by atoms with van der Waals surface area (Å²) < 4.78 is 17.9. The Morgan fingerprint density at radius 2 is 1.10 bits per heavy atom. The Bertz CT molecular complexity index is 2650. The van der Waals surface area contributed by atoms with Crippen LogP contribution >= 0.6 is 48.0 Å². The lowest BCUT2D eigenvalue weighted by atomic mass is 9.99. The summed E-state index contributed by atoms with van der Waals surface area (Å²) in [6.45, 7) is 10.4. The van der Waals surface area contributed by atoms with Gasteiger partial charge in [0.1, 0.15) is 28.4 Å². The molecule has 2 atom stereocenters. The minimum Gasteiger partial charge on any atom is -0.479 e. The number of halogens is 4. The molecule has 332 valence electrons. The van der Waals surface area contributed by atoms with Crippen molar-refractivity contribution in [1.29, 1.82) is 0 Å². The topological polar surface area (TPSA) is 158 Å². The molecule has 6 aromatic rings. The highest BCUT2D eigenvalue weighted by Crippen LogP contribution is 2.45. The largest absolute Gasteiger partial charge is 0.479 e. The highest BCUT2D eigenvalue weighted by molar-refractivity contribution is 6.31. The van der Waals surface area contributed by atoms with Gasteiger partial charge in [0, 0.05) is 133 Å². The van der Waals surface area contributed by atoms with E-state index in [2.05, 4.69) is 25.3 Å². The van der Waals surface area contributed by atoms with Crippen molar-refractivity contribution in [2.75, 3.05) is 52.4 Å². The first-order chi connectivity index (χ1) is 29.4. The molecule has 10 rings (SSSR count). The van der Waals surface area contributed by atoms with Crippen molar-refractivity contribution in [3.8, 4) is 33.8 Å². The number of ether oxygens (including phenoxy) is 3. The zero-order valence-corrected chi connectivity index (χ0v) is 38.1. The fourth-order valence-electron chi connectivity index (χ4n) is 8.44. The van der Waals surface area contributed by atoms with Gasteiger partial charge in [-0.25, -0.2) is 14.8 Å². The number of fused-ring (bicyclic) bond motifs is 4. The summed E-state index contributed by atoms with van der Waals surface area (Å²) in [6, 6.07) is 15.4. The van der Waals surface area contributed by atoms with Gasteiger partial charge >= 0.3 is 6.09 Å². The van der Waals surface area contributed by atoms with Crippen molar-refractivity contribution in [3.63, 3.8) is 0 Å².